The van der Waals surface area contributed by atoms with Gasteiger partial charge in [0, 0.05) is 30.5 Å². The second kappa shape index (κ2) is 6.43. The molecule has 7 heteroatoms. The summed E-state index contributed by atoms with van der Waals surface area (Å²) in [4.78, 5) is 0. The van der Waals surface area contributed by atoms with E-state index in [4.69, 9.17) is 23.4 Å². The predicted octanol–water partition coefficient (Wildman–Crippen LogP) is -1.86. The smallest absolute Gasteiger partial charge is 0.211 e. The molecule has 0 bridgehead atoms. The number of hydrogen-bond donors (Lipinski definition) is 0. The lowest BCUT2D eigenvalue weighted by Crippen LogP contribution is -2.68. The molecule has 116 valence electrons. The summed E-state index contributed by atoms with van der Waals surface area (Å²) in [6.07, 6.45) is 2.09. The maximum absolute atomic E-state index is 8.49. The highest BCUT2D eigenvalue weighted by Gasteiger charge is 2.13. The Morgan fingerprint density at radius 2 is 1.64 bits per heavy atom. The third-order valence-corrected chi connectivity index (χ3v) is 3.22. The SMILES string of the molecule is COc1cccc2c(C)[n+]3ccccc3cc12.[O-][Cl+3]([O-])([O-])[O-]. The number of aryl methyl sites for hydroxylation is 1. The molecular formula is C15H14ClNO5. The Hall–Kier alpha value is -1.96. The van der Waals surface area contributed by atoms with E-state index in [1.807, 2.05) is 18.2 Å². The van der Waals surface area contributed by atoms with Crippen molar-refractivity contribution < 1.29 is 38.0 Å². The number of fused-ring (bicyclic) bond motifs is 2. The van der Waals surface area contributed by atoms with Gasteiger partial charge in [0.25, 0.3) is 0 Å². The molecule has 0 aliphatic heterocycles. The van der Waals surface area contributed by atoms with E-state index in [-0.39, 0.29) is 0 Å². The molecule has 0 saturated carbocycles. The molecule has 0 atom stereocenters. The van der Waals surface area contributed by atoms with Gasteiger partial charge in [-0.15, -0.1) is 10.2 Å². The van der Waals surface area contributed by atoms with Crippen molar-refractivity contribution >= 4 is 16.3 Å². The number of halogens is 1. The molecule has 0 saturated heterocycles. The summed E-state index contributed by atoms with van der Waals surface area (Å²) >= 11 is 0. The van der Waals surface area contributed by atoms with Gasteiger partial charge < -0.3 is 4.74 Å². The molecule has 0 spiro atoms. The predicted molar refractivity (Wildman–Crippen MR) is 68.4 cm³/mol. The first-order valence-corrected chi connectivity index (χ1v) is 7.53. The van der Waals surface area contributed by atoms with Gasteiger partial charge in [-0.3, -0.25) is 0 Å². The van der Waals surface area contributed by atoms with Gasteiger partial charge in [-0.25, -0.2) is 18.6 Å². The molecule has 1 aromatic carbocycles. The van der Waals surface area contributed by atoms with Crippen LogP contribution in [0.25, 0.3) is 16.3 Å². The van der Waals surface area contributed by atoms with Crippen LogP contribution >= 0.6 is 0 Å². The minimum absolute atomic E-state index is 0.928. The number of rotatable bonds is 1. The third kappa shape index (κ3) is 3.82. The van der Waals surface area contributed by atoms with Crippen molar-refractivity contribution in [2.45, 2.75) is 6.92 Å². The highest BCUT2D eigenvalue weighted by molar-refractivity contribution is 5.91. The van der Waals surface area contributed by atoms with E-state index in [0.717, 1.165) is 5.75 Å². The Kier molecular flexibility index (Phi) is 4.80. The van der Waals surface area contributed by atoms with Gasteiger partial charge in [0.2, 0.25) is 5.52 Å². The van der Waals surface area contributed by atoms with Crippen molar-refractivity contribution in [1.82, 2.24) is 0 Å². The van der Waals surface area contributed by atoms with Crippen LogP contribution in [0.1, 0.15) is 5.69 Å². The van der Waals surface area contributed by atoms with E-state index in [0.29, 0.717) is 0 Å². The van der Waals surface area contributed by atoms with E-state index in [2.05, 4.69) is 41.8 Å². The minimum atomic E-state index is -4.94. The van der Waals surface area contributed by atoms with Crippen molar-refractivity contribution in [2.24, 2.45) is 0 Å². The first kappa shape index (κ1) is 16.4. The molecule has 0 radical (unpaired) electrons. The zero-order valence-corrected chi connectivity index (χ0v) is 12.7. The van der Waals surface area contributed by atoms with Gasteiger partial charge in [0.1, 0.15) is 5.75 Å². The van der Waals surface area contributed by atoms with Gasteiger partial charge >= 0.3 is 0 Å². The summed E-state index contributed by atoms with van der Waals surface area (Å²) in [6, 6.07) is 14.5. The topological polar surface area (TPSA) is 106 Å². The molecule has 2 aromatic heterocycles. The number of nitrogens with zero attached hydrogens (tertiary/aromatic N) is 1. The normalized spacial score (nSPS) is 11.2. The van der Waals surface area contributed by atoms with E-state index in [1.54, 1.807) is 7.11 Å². The van der Waals surface area contributed by atoms with E-state index < -0.39 is 10.2 Å². The van der Waals surface area contributed by atoms with Crippen LogP contribution in [-0.2, 0) is 0 Å². The Labute approximate surface area is 129 Å². The molecule has 0 N–H and O–H groups in total. The van der Waals surface area contributed by atoms with E-state index >= 15 is 0 Å². The molecule has 0 aliphatic rings. The second-order valence-electron chi connectivity index (χ2n) is 4.52. The summed E-state index contributed by atoms with van der Waals surface area (Å²) in [5.41, 5.74) is 2.42. The molecule has 0 amide bonds. The Morgan fingerprint density at radius 1 is 0.955 bits per heavy atom. The average Bonchev–Trinajstić information content (AvgIpc) is 2.45. The summed E-state index contributed by atoms with van der Waals surface area (Å²) in [7, 11) is -3.23. The fraction of sp³-hybridized carbons (Fsp3) is 0.133. The van der Waals surface area contributed by atoms with Crippen LogP contribution in [0.3, 0.4) is 0 Å². The third-order valence-electron chi connectivity index (χ3n) is 3.22. The van der Waals surface area contributed by atoms with Gasteiger partial charge in [-0.2, -0.15) is 4.40 Å². The van der Waals surface area contributed by atoms with E-state index in [9.17, 15) is 0 Å². The molecule has 3 aromatic rings. The highest BCUT2D eigenvalue weighted by Crippen LogP contribution is 2.26. The molecule has 2 heterocycles. The Morgan fingerprint density at radius 3 is 2.27 bits per heavy atom. The largest absolute Gasteiger partial charge is 0.496 e. The standard InChI is InChI=1S/C15H14NO.ClHO4/c1-11-13-7-5-8-15(17-2)14(13)10-12-6-3-4-9-16(11)12;2-1(3,4)5/h3-10H,1-2H3;(H,2,3,4,5)/q+1;/p-1. The maximum Gasteiger partial charge on any atom is 0.211 e. The minimum Gasteiger partial charge on any atom is -0.496 e. The van der Waals surface area contributed by atoms with Crippen molar-refractivity contribution in [3.8, 4) is 5.75 Å². The van der Waals surface area contributed by atoms with Crippen LogP contribution in [0.5, 0.6) is 5.75 Å². The lowest BCUT2D eigenvalue weighted by atomic mass is 10.1. The van der Waals surface area contributed by atoms with Crippen molar-refractivity contribution in [3.63, 3.8) is 0 Å². The van der Waals surface area contributed by atoms with Gasteiger partial charge in [0.15, 0.2) is 11.9 Å². The van der Waals surface area contributed by atoms with Gasteiger partial charge in [0.05, 0.1) is 12.5 Å². The van der Waals surface area contributed by atoms with Crippen molar-refractivity contribution in [1.29, 1.82) is 0 Å². The highest BCUT2D eigenvalue weighted by atomic mass is 35.7. The van der Waals surface area contributed by atoms with Crippen LogP contribution < -0.4 is 27.8 Å². The van der Waals surface area contributed by atoms with Crippen LogP contribution in [0.2, 0.25) is 0 Å². The molecule has 6 nitrogen and oxygen atoms in total. The van der Waals surface area contributed by atoms with Crippen molar-refractivity contribution in [2.75, 3.05) is 7.11 Å². The van der Waals surface area contributed by atoms with Gasteiger partial charge in [-0.05, 0) is 18.2 Å². The molecule has 0 fully saturated rings. The number of pyridine rings is 2. The quantitative estimate of drug-likeness (QED) is 0.386. The fourth-order valence-electron chi connectivity index (χ4n) is 2.34. The summed E-state index contributed by atoms with van der Waals surface area (Å²) in [6.45, 7) is 2.13. The lowest BCUT2D eigenvalue weighted by molar-refractivity contribution is -2.00. The Balaban J connectivity index is 0.000000309. The van der Waals surface area contributed by atoms with Crippen molar-refractivity contribution in [3.05, 3.63) is 54.4 Å². The second-order valence-corrected chi connectivity index (χ2v) is 5.28. The molecule has 3 rings (SSSR count). The number of hydrogen-bond acceptors (Lipinski definition) is 5. The molecule has 22 heavy (non-hydrogen) atoms. The number of methoxy groups -OCH3 is 1. The zero-order valence-electron chi connectivity index (χ0n) is 12.0. The number of aromatic nitrogens is 1. The average molecular weight is 324 g/mol. The van der Waals surface area contributed by atoms with Crippen LogP contribution in [0.15, 0.2) is 48.7 Å². The molecule has 0 unspecified atom stereocenters. The lowest BCUT2D eigenvalue weighted by Gasteiger charge is -2.17. The first-order chi connectivity index (χ1) is 10.3. The number of ether oxygens (including phenoxy) is 1. The molecular weight excluding hydrogens is 310 g/mol. The van der Waals surface area contributed by atoms with Crippen LogP contribution in [0.4, 0.5) is 0 Å². The monoisotopic (exact) mass is 323 g/mol. The Bertz CT molecular complexity index is 795. The maximum atomic E-state index is 8.49. The van der Waals surface area contributed by atoms with Crippen LogP contribution in [-0.4, -0.2) is 7.11 Å². The zero-order chi connectivity index (χ0) is 16.3. The fourth-order valence-corrected chi connectivity index (χ4v) is 2.34. The van der Waals surface area contributed by atoms with Gasteiger partial charge in [-0.1, -0.05) is 6.07 Å². The summed E-state index contributed by atoms with van der Waals surface area (Å²) in [5.74, 6) is 0.928. The number of benzene rings is 1. The first-order valence-electron chi connectivity index (χ1n) is 6.30. The summed E-state index contributed by atoms with van der Waals surface area (Å²) in [5, 5.41) is 2.40. The van der Waals surface area contributed by atoms with E-state index in [1.165, 1.54) is 22.0 Å². The summed E-state index contributed by atoms with van der Waals surface area (Å²) < 4.78 is 41.6. The van der Waals surface area contributed by atoms with Crippen LogP contribution in [0, 0.1) is 17.2 Å². The molecule has 0 aliphatic carbocycles.